The maximum absolute atomic E-state index is 13.8. The Morgan fingerprint density at radius 3 is 2.78 bits per heavy atom. The summed E-state index contributed by atoms with van der Waals surface area (Å²) < 4.78 is 51.2. The summed E-state index contributed by atoms with van der Waals surface area (Å²) in [4.78, 5) is 39.2. The summed E-state index contributed by atoms with van der Waals surface area (Å²) in [6, 6.07) is 2.71. The van der Waals surface area contributed by atoms with Crippen LogP contribution in [0.4, 0.5) is 19.0 Å². The van der Waals surface area contributed by atoms with Crippen LogP contribution in [0.5, 0.6) is 5.75 Å². The Hall–Kier alpha value is -3.96. The van der Waals surface area contributed by atoms with E-state index in [-0.39, 0.29) is 36.2 Å². The van der Waals surface area contributed by atoms with Gasteiger partial charge in [-0.1, -0.05) is 6.92 Å². The zero-order valence-electron chi connectivity index (χ0n) is 19.8. The van der Waals surface area contributed by atoms with E-state index < -0.39 is 30.7 Å². The molecule has 1 N–H and O–H groups in total. The predicted molar refractivity (Wildman–Crippen MR) is 122 cm³/mol. The van der Waals surface area contributed by atoms with Crippen molar-refractivity contribution in [3.63, 3.8) is 0 Å². The average Bonchev–Trinajstić information content (AvgIpc) is 3.51. The molecule has 3 aromatic heterocycles. The number of rotatable bonds is 9. The van der Waals surface area contributed by atoms with E-state index in [9.17, 15) is 22.8 Å². The van der Waals surface area contributed by atoms with E-state index in [1.54, 1.807) is 30.9 Å². The summed E-state index contributed by atoms with van der Waals surface area (Å²) in [7, 11) is 0. The molecule has 2 amide bonds. The summed E-state index contributed by atoms with van der Waals surface area (Å²) in [5.74, 6) is -4.11. The van der Waals surface area contributed by atoms with E-state index in [1.807, 2.05) is 0 Å². The highest BCUT2D eigenvalue weighted by Gasteiger charge is 2.40. The molecule has 4 heterocycles. The molecule has 0 bridgehead atoms. The van der Waals surface area contributed by atoms with Crippen molar-refractivity contribution in [3.05, 3.63) is 65.3 Å². The Bertz CT molecular complexity index is 1270. The summed E-state index contributed by atoms with van der Waals surface area (Å²) in [5, 5.41) is 2.64. The third-order valence-corrected chi connectivity index (χ3v) is 5.98. The first-order valence-corrected chi connectivity index (χ1v) is 11.2. The van der Waals surface area contributed by atoms with Gasteiger partial charge in [-0.25, -0.2) is 14.4 Å². The number of aryl methyl sites for hydroxylation is 1. The first-order chi connectivity index (χ1) is 17.1. The fourth-order valence-electron chi connectivity index (χ4n) is 3.83. The standard InChI is InChI=1S/C24H24F3N5O4/c1-4-20(25)24(26,27)11-35-18-9-30-17(7-13(18)2)14(3)32-10-16-15(23(32)34)5-6-29-21(16)31-22(33)19-8-28-12-36-19/h5-9,12,14,20H,4,10-11H2,1-3H3,(H,29,31,33). The lowest BCUT2D eigenvalue weighted by Gasteiger charge is -2.25. The van der Waals surface area contributed by atoms with Crippen LogP contribution in [0.15, 0.2) is 41.5 Å². The van der Waals surface area contributed by atoms with Gasteiger partial charge < -0.3 is 19.4 Å². The van der Waals surface area contributed by atoms with E-state index in [0.717, 1.165) is 6.39 Å². The number of carbonyl (C=O) groups excluding carboxylic acids is 2. The van der Waals surface area contributed by atoms with Gasteiger partial charge in [-0.2, -0.15) is 8.78 Å². The van der Waals surface area contributed by atoms with Crippen LogP contribution >= 0.6 is 0 Å². The molecule has 2 atom stereocenters. The smallest absolute Gasteiger partial charge is 0.311 e. The second-order valence-corrected chi connectivity index (χ2v) is 8.41. The van der Waals surface area contributed by atoms with Crippen LogP contribution in [-0.2, 0) is 6.54 Å². The highest BCUT2D eigenvalue weighted by atomic mass is 19.3. The lowest BCUT2D eigenvalue weighted by atomic mass is 10.1. The number of anilines is 1. The number of halogens is 3. The molecule has 36 heavy (non-hydrogen) atoms. The number of aromatic nitrogens is 3. The van der Waals surface area contributed by atoms with Crippen LogP contribution in [0.25, 0.3) is 0 Å². The van der Waals surface area contributed by atoms with Gasteiger partial charge >= 0.3 is 5.92 Å². The third-order valence-electron chi connectivity index (χ3n) is 5.98. The van der Waals surface area contributed by atoms with Gasteiger partial charge in [-0.15, -0.1) is 0 Å². The number of amides is 2. The minimum atomic E-state index is -3.62. The van der Waals surface area contributed by atoms with Crippen molar-refractivity contribution < 1.29 is 31.9 Å². The molecule has 0 saturated heterocycles. The van der Waals surface area contributed by atoms with Crippen molar-refractivity contribution in [1.82, 2.24) is 19.9 Å². The largest absolute Gasteiger partial charge is 0.485 e. The zero-order chi connectivity index (χ0) is 26.0. The normalized spacial score (nSPS) is 14.9. The third kappa shape index (κ3) is 4.88. The monoisotopic (exact) mass is 503 g/mol. The minimum Gasteiger partial charge on any atom is -0.485 e. The van der Waals surface area contributed by atoms with E-state index in [0.29, 0.717) is 22.4 Å². The number of carbonyl (C=O) groups is 2. The van der Waals surface area contributed by atoms with Gasteiger partial charge in [0.2, 0.25) is 5.76 Å². The number of nitrogens with zero attached hydrogens (tertiary/aromatic N) is 4. The van der Waals surface area contributed by atoms with Gasteiger partial charge in [-0.05, 0) is 38.0 Å². The van der Waals surface area contributed by atoms with Gasteiger partial charge in [0.1, 0.15) is 11.6 Å². The van der Waals surface area contributed by atoms with Gasteiger partial charge in [0.25, 0.3) is 11.8 Å². The molecule has 190 valence electrons. The molecule has 1 aliphatic heterocycles. The summed E-state index contributed by atoms with van der Waals surface area (Å²) >= 11 is 0. The molecule has 12 heteroatoms. The van der Waals surface area contributed by atoms with Gasteiger partial charge in [0, 0.05) is 17.3 Å². The Morgan fingerprint density at radius 1 is 1.33 bits per heavy atom. The van der Waals surface area contributed by atoms with E-state index >= 15 is 0 Å². The number of hydrogen-bond donors (Lipinski definition) is 1. The molecule has 0 aliphatic carbocycles. The summed E-state index contributed by atoms with van der Waals surface area (Å²) in [6.07, 6.45) is 2.48. The van der Waals surface area contributed by atoms with Gasteiger partial charge in [0.15, 0.2) is 19.2 Å². The van der Waals surface area contributed by atoms with Crippen molar-refractivity contribution in [1.29, 1.82) is 0 Å². The molecular weight excluding hydrogens is 479 g/mol. The second kappa shape index (κ2) is 9.96. The Balaban J connectivity index is 1.48. The highest BCUT2D eigenvalue weighted by molar-refractivity contribution is 6.05. The van der Waals surface area contributed by atoms with E-state index in [2.05, 4.69) is 20.3 Å². The average molecular weight is 503 g/mol. The van der Waals surface area contributed by atoms with E-state index in [1.165, 1.54) is 25.5 Å². The first kappa shape index (κ1) is 25.1. The summed E-state index contributed by atoms with van der Waals surface area (Å²) in [6.45, 7) is 3.82. The molecule has 2 unspecified atom stereocenters. The van der Waals surface area contributed by atoms with Crippen LogP contribution in [-0.4, -0.2) is 50.4 Å². The molecule has 3 aromatic rings. The van der Waals surface area contributed by atoms with Crippen molar-refractivity contribution in [2.45, 2.75) is 51.9 Å². The van der Waals surface area contributed by atoms with Crippen LogP contribution in [0.1, 0.15) is 64.0 Å². The number of ether oxygens (including phenoxy) is 1. The van der Waals surface area contributed by atoms with Crippen LogP contribution in [0.3, 0.4) is 0 Å². The van der Waals surface area contributed by atoms with Gasteiger partial charge in [0.05, 0.1) is 30.7 Å². The molecule has 0 saturated carbocycles. The molecule has 9 nitrogen and oxygen atoms in total. The number of pyridine rings is 2. The second-order valence-electron chi connectivity index (χ2n) is 8.41. The molecule has 0 spiro atoms. The molecule has 0 aromatic carbocycles. The fourth-order valence-corrected chi connectivity index (χ4v) is 3.83. The number of alkyl halides is 3. The Morgan fingerprint density at radius 2 is 2.11 bits per heavy atom. The van der Waals surface area contributed by atoms with Crippen LogP contribution < -0.4 is 10.1 Å². The number of nitrogens with one attached hydrogen (secondary N) is 1. The molecule has 1 aliphatic rings. The number of fused-ring (bicyclic) bond motifs is 1. The van der Waals surface area contributed by atoms with Crippen molar-refractivity contribution >= 4 is 17.6 Å². The van der Waals surface area contributed by atoms with Crippen molar-refractivity contribution in [2.75, 3.05) is 11.9 Å². The maximum atomic E-state index is 13.8. The molecule has 0 fully saturated rings. The number of hydrogen-bond acceptors (Lipinski definition) is 7. The zero-order valence-corrected chi connectivity index (χ0v) is 19.8. The maximum Gasteiger partial charge on any atom is 0.311 e. The lowest BCUT2D eigenvalue weighted by molar-refractivity contribution is -0.101. The first-order valence-electron chi connectivity index (χ1n) is 11.2. The molecule has 4 rings (SSSR count). The quantitative estimate of drug-likeness (QED) is 0.458. The fraction of sp³-hybridized carbons (Fsp3) is 0.375. The minimum absolute atomic E-state index is 0.000395. The SMILES string of the molecule is CCC(F)C(F)(F)COc1cnc(C(C)N2Cc3c(ccnc3NC(=O)c3cnco3)C2=O)cc1C. The number of oxazole rings is 1. The van der Waals surface area contributed by atoms with Crippen molar-refractivity contribution in [2.24, 2.45) is 0 Å². The van der Waals surface area contributed by atoms with Crippen LogP contribution in [0, 0.1) is 6.92 Å². The Kier molecular flexibility index (Phi) is 6.95. The molecular formula is C24H24F3N5O4. The topological polar surface area (TPSA) is 110 Å². The molecule has 0 radical (unpaired) electrons. The highest BCUT2D eigenvalue weighted by Crippen LogP contribution is 2.35. The summed E-state index contributed by atoms with van der Waals surface area (Å²) in [5.41, 5.74) is 1.95. The Labute approximate surface area is 204 Å². The van der Waals surface area contributed by atoms with Crippen LogP contribution in [0.2, 0.25) is 0 Å². The predicted octanol–water partition coefficient (Wildman–Crippen LogP) is 4.50. The van der Waals surface area contributed by atoms with Gasteiger partial charge in [-0.3, -0.25) is 14.6 Å². The lowest BCUT2D eigenvalue weighted by Crippen LogP contribution is -2.36. The van der Waals surface area contributed by atoms with E-state index in [4.69, 9.17) is 9.15 Å². The van der Waals surface area contributed by atoms with Crippen molar-refractivity contribution in [3.8, 4) is 5.75 Å².